The van der Waals surface area contributed by atoms with Crippen LogP contribution in [0.1, 0.15) is 30.5 Å². The van der Waals surface area contributed by atoms with Crippen molar-refractivity contribution in [2.45, 2.75) is 45.2 Å². The van der Waals surface area contributed by atoms with Crippen LogP contribution in [0.25, 0.3) is 0 Å². The highest BCUT2D eigenvalue weighted by Crippen LogP contribution is 2.16. The topological polar surface area (TPSA) is 72.7 Å². The largest absolute Gasteiger partial charge is 0.337 e. The van der Waals surface area contributed by atoms with Gasteiger partial charge in [-0.1, -0.05) is 0 Å². The Kier molecular flexibility index (Phi) is 3.54. The lowest BCUT2D eigenvalue weighted by Crippen LogP contribution is -2.37. The van der Waals surface area contributed by atoms with Gasteiger partial charge in [0.05, 0.1) is 6.33 Å². The third-order valence-electron chi connectivity index (χ3n) is 3.86. The highest BCUT2D eigenvalue weighted by Gasteiger charge is 2.17. The number of nitrogens with zero attached hydrogens (tertiary/aromatic N) is 3. The average Bonchev–Trinajstić information content (AvgIpc) is 2.96. The molecule has 1 N–H and O–H groups in total. The van der Waals surface area contributed by atoms with Crippen molar-refractivity contribution in [3.05, 3.63) is 50.8 Å². The first-order chi connectivity index (χ1) is 9.75. The number of aromatic nitrogens is 4. The van der Waals surface area contributed by atoms with Gasteiger partial charge >= 0.3 is 5.69 Å². The van der Waals surface area contributed by atoms with E-state index in [0.717, 1.165) is 49.9 Å². The number of hydrogen-bond acceptors (Lipinski definition) is 3. The normalized spacial score (nSPS) is 14.2. The number of fused-ring (bicyclic) bond motifs is 1. The monoisotopic (exact) mass is 274 g/mol. The molecule has 0 aliphatic heterocycles. The van der Waals surface area contributed by atoms with Crippen molar-refractivity contribution in [3.8, 4) is 0 Å². The molecular weight excluding hydrogens is 256 g/mol. The van der Waals surface area contributed by atoms with Gasteiger partial charge in [-0.2, -0.15) is 0 Å². The molecule has 0 spiro atoms. The van der Waals surface area contributed by atoms with Crippen LogP contribution in [0.2, 0.25) is 0 Å². The fourth-order valence-electron chi connectivity index (χ4n) is 2.86. The number of imidazole rings is 1. The van der Waals surface area contributed by atoms with Gasteiger partial charge in [0.2, 0.25) is 0 Å². The van der Waals surface area contributed by atoms with Crippen LogP contribution in [0.5, 0.6) is 0 Å². The first-order valence-electron chi connectivity index (χ1n) is 7.06. The summed E-state index contributed by atoms with van der Waals surface area (Å²) in [4.78, 5) is 30.2. The number of hydrogen-bond donors (Lipinski definition) is 1. The smallest absolute Gasteiger partial charge is 0.328 e. The summed E-state index contributed by atoms with van der Waals surface area (Å²) in [6.07, 6.45) is 9.96. The second kappa shape index (κ2) is 5.48. The highest BCUT2D eigenvalue weighted by molar-refractivity contribution is 5.20. The molecule has 0 unspecified atom stereocenters. The summed E-state index contributed by atoms with van der Waals surface area (Å²) in [7, 11) is 0. The SMILES string of the molecule is O=c1[nH]c(=O)n(CCCn2ccnc2)c2c1CCCC2. The van der Waals surface area contributed by atoms with Crippen LogP contribution < -0.4 is 11.2 Å². The first kappa shape index (κ1) is 12.9. The van der Waals surface area contributed by atoms with Crippen molar-refractivity contribution >= 4 is 0 Å². The minimum absolute atomic E-state index is 0.199. The van der Waals surface area contributed by atoms with Gasteiger partial charge in [-0.25, -0.2) is 9.78 Å². The van der Waals surface area contributed by atoms with Crippen LogP contribution in [-0.4, -0.2) is 19.1 Å². The average molecular weight is 274 g/mol. The molecule has 0 saturated carbocycles. The third-order valence-corrected chi connectivity index (χ3v) is 3.86. The zero-order valence-electron chi connectivity index (χ0n) is 11.3. The van der Waals surface area contributed by atoms with Gasteiger partial charge in [0, 0.05) is 36.7 Å². The van der Waals surface area contributed by atoms with E-state index in [1.54, 1.807) is 17.1 Å². The third kappa shape index (κ3) is 2.45. The Bertz CT molecular complexity index is 697. The van der Waals surface area contributed by atoms with Gasteiger partial charge in [0.15, 0.2) is 0 Å². The molecule has 106 valence electrons. The lowest BCUT2D eigenvalue weighted by atomic mass is 9.97. The van der Waals surface area contributed by atoms with Gasteiger partial charge in [-0.15, -0.1) is 0 Å². The Labute approximate surface area is 116 Å². The van der Waals surface area contributed by atoms with Gasteiger partial charge in [0.25, 0.3) is 5.56 Å². The molecule has 0 radical (unpaired) electrons. The summed E-state index contributed by atoms with van der Waals surface area (Å²) in [5.74, 6) is 0. The maximum absolute atomic E-state index is 12.0. The zero-order chi connectivity index (χ0) is 13.9. The number of aryl methyl sites for hydroxylation is 1. The molecule has 2 aromatic rings. The molecule has 0 saturated heterocycles. The predicted octanol–water partition coefficient (Wildman–Crippen LogP) is 0.702. The Morgan fingerprint density at radius 1 is 1.20 bits per heavy atom. The van der Waals surface area contributed by atoms with E-state index in [4.69, 9.17) is 0 Å². The Morgan fingerprint density at radius 2 is 2.05 bits per heavy atom. The van der Waals surface area contributed by atoms with Crippen LogP contribution in [-0.2, 0) is 25.9 Å². The van der Waals surface area contributed by atoms with Crippen LogP contribution in [0.3, 0.4) is 0 Å². The van der Waals surface area contributed by atoms with Gasteiger partial charge in [0.1, 0.15) is 0 Å². The number of aromatic amines is 1. The van der Waals surface area contributed by atoms with Gasteiger partial charge in [-0.3, -0.25) is 14.3 Å². The molecule has 6 nitrogen and oxygen atoms in total. The van der Waals surface area contributed by atoms with Crippen LogP contribution >= 0.6 is 0 Å². The van der Waals surface area contributed by atoms with E-state index in [2.05, 4.69) is 9.97 Å². The lowest BCUT2D eigenvalue weighted by molar-refractivity contribution is 0.505. The van der Waals surface area contributed by atoms with Crippen LogP contribution in [0, 0.1) is 0 Å². The molecule has 20 heavy (non-hydrogen) atoms. The molecule has 0 amide bonds. The maximum Gasteiger partial charge on any atom is 0.328 e. The summed E-state index contributed by atoms with van der Waals surface area (Å²) in [5.41, 5.74) is 1.27. The number of H-pyrrole nitrogens is 1. The van der Waals surface area contributed by atoms with Gasteiger partial charge < -0.3 is 4.57 Å². The molecule has 0 bridgehead atoms. The number of rotatable bonds is 4. The molecule has 1 aliphatic carbocycles. The summed E-state index contributed by atoms with van der Waals surface area (Å²) in [6.45, 7) is 1.45. The van der Waals surface area contributed by atoms with E-state index in [9.17, 15) is 9.59 Å². The van der Waals surface area contributed by atoms with Crippen molar-refractivity contribution in [2.24, 2.45) is 0 Å². The molecule has 2 heterocycles. The van der Waals surface area contributed by atoms with Crippen molar-refractivity contribution in [2.75, 3.05) is 0 Å². The van der Waals surface area contributed by atoms with Crippen molar-refractivity contribution in [1.82, 2.24) is 19.1 Å². The van der Waals surface area contributed by atoms with Crippen LogP contribution in [0.4, 0.5) is 0 Å². The Balaban J connectivity index is 1.82. The van der Waals surface area contributed by atoms with Crippen molar-refractivity contribution < 1.29 is 0 Å². The summed E-state index contributed by atoms with van der Waals surface area (Å²) in [5, 5.41) is 0. The molecule has 1 aliphatic rings. The van der Waals surface area contributed by atoms with Crippen molar-refractivity contribution in [3.63, 3.8) is 0 Å². The molecule has 3 rings (SSSR count). The highest BCUT2D eigenvalue weighted by atomic mass is 16.2. The molecule has 0 fully saturated rings. The Morgan fingerprint density at radius 3 is 2.85 bits per heavy atom. The van der Waals surface area contributed by atoms with E-state index < -0.39 is 0 Å². The minimum atomic E-state index is -0.277. The van der Waals surface area contributed by atoms with E-state index in [1.165, 1.54) is 0 Å². The fraction of sp³-hybridized carbons (Fsp3) is 0.500. The second-order valence-electron chi connectivity index (χ2n) is 5.20. The van der Waals surface area contributed by atoms with Gasteiger partial charge in [-0.05, 0) is 32.1 Å². The molecule has 2 aromatic heterocycles. The standard InChI is InChI=1S/C14H18N4O2/c19-13-11-4-1-2-5-12(11)18(14(20)16-13)8-3-7-17-9-6-15-10-17/h6,9-10H,1-5,7-8H2,(H,16,19,20). The van der Waals surface area contributed by atoms with E-state index in [-0.39, 0.29) is 11.2 Å². The zero-order valence-corrected chi connectivity index (χ0v) is 11.3. The maximum atomic E-state index is 12.0. The summed E-state index contributed by atoms with van der Waals surface area (Å²) in [6, 6.07) is 0. The van der Waals surface area contributed by atoms with Crippen molar-refractivity contribution in [1.29, 1.82) is 0 Å². The lowest BCUT2D eigenvalue weighted by Gasteiger charge is -2.19. The molecular formula is C14H18N4O2. The van der Waals surface area contributed by atoms with E-state index in [1.807, 2.05) is 10.8 Å². The summed E-state index contributed by atoms with van der Waals surface area (Å²) >= 11 is 0. The molecule has 0 atom stereocenters. The number of nitrogens with one attached hydrogen (secondary N) is 1. The first-order valence-corrected chi connectivity index (χ1v) is 7.06. The fourth-order valence-corrected chi connectivity index (χ4v) is 2.86. The Hall–Kier alpha value is -2.11. The van der Waals surface area contributed by atoms with E-state index in [0.29, 0.717) is 6.54 Å². The molecule has 0 aromatic carbocycles. The van der Waals surface area contributed by atoms with Crippen LogP contribution in [0.15, 0.2) is 28.3 Å². The quantitative estimate of drug-likeness (QED) is 0.892. The second-order valence-corrected chi connectivity index (χ2v) is 5.20. The van der Waals surface area contributed by atoms with E-state index >= 15 is 0 Å². The minimum Gasteiger partial charge on any atom is -0.337 e. The predicted molar refractivity (Wildman–Crippen MR) is 74.8 cm³/mol. The summed E-state index contributed by atoms with van der Waals surface area (Å²) < 4.78 is 3.73. The molecule has 6 heteroatoms.